The van der Waals surface area contributed by atoms with Gasteiger partial charge in [-0.2, -0.15) is 10.2 Å². The summed E-state index contributed by atoms with van der Waals surface area (Å²) in [5.74, 6) is -0.132. The number of aryl methyl sites for hydroxylation is 1. The fourth-order valence-corrected chi connectivity index (χ4v) is 2.79. The van der Waals surface area contributed by atoms with Gasteiger partial charge in [0.15, 0.2) is 11.5 Å². The Morgan fingerprint density at radius 3 is 2.63 bits per heavy atom. The van der Waals surface area contributed by atoms with Crippen LogP contribution in [0.2, 0.25) is 0 Å². The molecule has 152 valence electrons. The van der Waals surface area contributed by atoms with Crippen molar-refractivity contribution in [1.29, 1.82) is 5.26 Å². The molecule has 8 nitrogen and oxygen atoms in total. The molecule has 2 aromatic heterocycles. The molecule has 0 radical (unpaired) electrons. The van der Waals surface area contributed by atoms with Crippen LogP contribution in [0.25, 0.3) is 11.7 Å². The molecule has 0 saturated heterocycles. The molecule has 1 aromatic carbocycles. The number of methoxy groups -OCH3 is 1. The summed E-state index contributed by atoms with van der Waals surface area (Å²) in [5, 5.41) is 9.39. The van der Waals surface area contributed by atoms with E-state index in [4.69, 9.17) is 14.2 Å². The molecule has 0 N–H and O–H groups in total. The van der Waals surface area contributed by atoms with Crippen LogP contribution in [-0.2, 0) is 9.53 Å². The van der Waals surface area contributed by atoms with Gasteiger partial charge in [0, 0.05) is 6.20 Å². The lowest BCUT2D eigenvalue weighted by Gasteiger charge is -2.13. The Morgan fingerprint density at radius 1 is 1.23 bits per heavy atom. The maximum atomic E-state index is 13.2. The zero-order chi connectivity index (χ0) is 21.7. The SMILES string of the molecule is CCOC(=O)/C(C#N)=C/c1c(Oc2ccccc2OC)nc2c(C)cccn2c1=O. The number of fused-ring (bicyclic) bond motifs is 1. The lowest BCUT2D eigenvalue weighted by molar-refractivity contribution is -0.137. The van der Waals surface area contributed by atoms with Crippen LogP contribution in [0.5, 0.6) is 17.4 Å². The zero-order valence-corrected chi connectivity index (χ0v) is 16.7. The molecule has 30 heavy (non-hydrogen) atoms. The van der Waals surface area contributed by atoms with Crippen molar-refractivity contribution in [3.63, 3.8) is 0 Å². The van der Waals surface area contributed by atoms with E-state index in [1.54, 1.807) is 49.5 Å². The number of rotatable bonds is 6. The summed E-state index contributed by atoms with van der Waals surface area (Å²) < 4.78 is 17.4. The normalized spacial score (nSPS) is 11.1. The molecule has 0 aliphatic carbocycles. The predicted octanol–water partition coefficient (Wildman–Crippen LogP) is 3.27. The second kappa shape index (κ2) is 8.92. The maximum absolute atomic E-state index is 13.2. The van der Waals surface area contributed by atoms with Crippen molar-refractivity contribution in [1.82, 2.24) is 9.38 Å². The topological polar surface area (TPSA) is 103 Å². The molecule has 0 amide bonds. The molecule has 8 heteroatoms. The molecular formula is C22H19N3O5. The van der Waals surface area contributed by atoms with Crippen molar-refractivity contribution in [2.45, 2.75) is 13.8 Å². The van der Waals surface area contributed by atoms with Crippen LogP contribution < -0.4 is 15.0 Å². The number of esters is 1. The van der Waals surface area contributed by atoms with Crippen molar-refractivity contribution in [2.75, 3.05) is 13.7 Å². The largest absolute Gasteiger partial charge is 0.493 e. The Kier molecular flexibility index (Phi) is 6.13. The number of carbonyl (C=O) groups excluding carboxylic acids is 1. The van der Waals surface area contributed by atoms with E-state index in [9.17, 15) is 14.9 Å². The van der Waals surface area contributed by atoms with Crippen LogP contribution in [0, 0.1) is 18.3 Å². The Hall–Kier alpha value is -4.12. The summed E-state index contributed by atoms with van der Waals surface area (Å²) in [6.45, 7) is 3.53. The van der Waals surface area contributed by atoms with Crippen LogP contribution in [-0.4, -0.2) is 29.1 Å². The van der Waals surface area contributed by atoms with Crippen molar-refractivity contribution < 1.29 is 19.0 Å². The summed E-state index contributed by atoms with van der Waals surface area (Å²) in [5.41, 5.74) is 0.243. The van der Waals surface area contributed by atoms with Crippen LogP contribution in [0.4, 0.5) is 0 Å². The van der Waals surface area contributed by atoms with E-state index in [0.717, 1.165) is 11.6 Å². The van der Waals surface area contributed by atoms with Gasteiger partial charge in [0.05, 0.1) is 13.7 Å². The number of carbonyl (C=O) groups is 1. The Labute approximate surface area is 172 Å². The number of nitriles is 1. The molecule has 0 unspecified atom stereocenters. The second-order valence-corrected chi connectivity index (χ2v) is 6.16. The number of para-hydroxylation sites is 2. The Morgan fingerprint density at radius 2 is 1.97 bits per heavy atom. The molecule has 0 spiro atoms. The first kappa shape index (κ1) is 20.6. The highest BCUT2D eigenvalue weighted by molar-refractivity contribution is 5.98. The average Bonchev–Trinajstić information content (AvgIpc) is 2.75. The van der Waals surface area contributed by atoms with Crippen LogP contribution in [0.1, 0.15) is 18.1 Å². The number of hydrogen-bond acceptors (Lipinski definition) is 7. The average molecular weight is 405 g/mol. The summed E-state index contributed by atoms with van der Waals surface area (Å²) in [4.78, 5) is 29.7. The van der Waals surface area contributed by atoms with E-state index >= 15 is 0 Å². The molecule has 3 rings (SSSR count). The van der Waals surface area contributed by atoms with Crippen LogP contribution in [0.3, 0.4) is 0 Å². The van der Waals surface area contributed by atoms with E-state index in [-0.39, 0.29) is 23.6 Å². The molecule has 2 heterocycles. The van der Waals surface area contributed by atoms with Crippen LogP contribution >= 0.6 is 0 Å². The monoisotopic (exact) mass is 405 g/mol. The van der Waals surface area contributed by atoms with Crippen molar-refractivity contribution in [3.05, 3.63) is 69.6 Å². The maximum Gasteiger partial charge on any atom is 0.348 e. The Balaban J connectivity index is 2.27. The molecule has 3 aromatic rings. The highest BCUT2D eigenvalue weighted by Gasteiger charge is 2.19. The van der Waals surface area contributed by atoms with Gasteiger partial charge in [0.25, 0.3) is 5.56 Å². The first-order valence-corrected chi connectivity index (χ1v) is 9.12. The number of aromatic nitrogens is 2. The van der Waals surface area contributed by atoms with E-state index in [1.807, 2.05) is 13.0 Å². The lowest BCUT2D eigenvalue weighted by atomic mass is 10.2. The van der Waals surface area contributed by atoms with Gasteiger partial charge in [-0.3, -0.25) is 9.20 Å². The second-order valence-electron chi connectivity index (χ2n) is 6.16. The molecular weight excluding hydrogens is 386 g/mol. The number of pyridine rings is 1. The summed E-state index contributed by atoms with van der Waals surface area (Å²) in [6, 6.07) is 12.1. The number of hydrogen-bond donors (Lipinski definition) is 0. The van der Waals surface area contributed by atoms with E-state index in [1.165, 1.54) is 11.5 Å². The van der Waals surface area contributed by atoms with Gasteiger partial charge >= 0.3 is 5.97 Å². The molecule has 0 fully saturated rings. The third kappa shape index (κ3) is 4.00. The minimum atomic E-state index is -0.836. The van der Waals surface area contributed by atoms with Crippen molar-refractivity contribution >= 4 is 17.7 Å². The molecule has 0 aliphatic heterocycles. The first-order chi connectivity index (χ1) is 14.5. The van der Waals surface area contributed by atoms with Gasteiger partial charge in [0.2, 0.25) is 5.88 Å². The van der Waals surface area contributed by atoms with Crippen molar-refractivity contribution in [3.8, 4) is 23.4 Å². The summed E-state index contributed by atoms with van der Waals surface area (Å²) in [7, 11) is 1.49. The molecule has 0 atom stereocenters. The Bertz CT molecular complexity index is 1240. The fraction of sp³-hybridized carbons (Fsp3) is 0.182. The lowest BCUT2D eigenvalue weighted by Crippen LogP contribution is -2.20. The minimum Gasteiger partial charge on any atom is -0.493 e. The van der Waals surface area contributed by atoms with Gasteiger partial charge in [-0.25, -0.2) is 4.79 Å². The molecule has 0 saturated carbocycles. The highest BCUT2D eigenvalue weighted by atomic mass is 16.5. The van der Waals surface area contributed by atoms with Gasteiger partial charge in [0.1, 0.15) is 22.9 Å². The quantitative estimate of drug-likeness (QED) is 0.352. The summed E-state index contributed by atoms with van der Waals surface area (Å²) in [6.07, 6.45) is 2.69. The van der Waals surface area contributed by atoms with E-state index in [2.05, 4.69) is 4.98 Å². The zero-order valence-electron chi connectivity index (χ0n) is 16.7. The van der Waals surface area contributed by atoms with Crippen molar-refractivity contribution in [2.24, 2.45) is 0 Å². The van der Waals surface area contributed by atoms with Gasteiger partial charge in [-0.1, -0.05) is 18.2 Å². The smallest absolute Gasteiger partial charge is 0.348 e. The van der Waals surface area contributed by atoms with E-state index in [0.29, 0.717) is 17.1 Å². The predicted molar refractivity (Wildman–Crippen MR) is 109 cm³/mol. The highest BCUT2D eigenvalue weighted by Crippen LogP contribution is 2.32. The summed E-state index contributed by atoms with van der Waals surface area (Å²) >= 11 is 0. The van der Waals surface area contributed by atoms with Gasteiger partial charge < -0.3 is 14.2 Å². The third-order valence-corrected chi connectivity index (χ3v) is 4.23. The number of benzene rings is 1. The standard InChI is InChI=1S/C22H19N3O5/c1-4-29-22(27)15(13-23)12-16-20(30-18-10-6-5-9-17(18)28-3)24-19-14(2)8-7-11-25(19)21(16)26/h5-12H,4H2,1-3H3/b15-12+. The first-order valence-electron chi connectivity index (χ1n) is 9.12. The molecule has 0 bridgehead atoms. The third-order valence-electron chi connectivity index (χ3n) is 4.23. The van der Waals surface area contributed by atoms with Crippen LogP contribution in [0.15, 0.2) is 53.0 Å². The number of nitrogens with zero attached hydrogens (tertiary/aromatic N) is 3. The van der Waals surface area contributed by atoms with Gasteiger partial charge in [-0.05, 0) is 43.7 Å². The fourth-order valence-electron chi connectivity index (χ4n) is 2.79. The number of ether oxygens (including phenoxy) is 3. The minimum absolute atomic E-state index is 0.0594. The van der Waals surface area contributed by atoms with Gasteiger partial charge in [-0.15, -0.1) is 0 Å². The van der Waals surface area contributed by atoms with E-state index < -0.39 is 11.5 Å². The molecule has 0 aliphatic rings.